The minimum absolute atomic E-state index is 0.270. The topological polar surface area (TPSA) is 51.8 Å². The second-order valence-electron chi connectivity index (χ2n) is 5.40. The smallest absolute Gasteiger partial charge is 0.231 e. The number of benzene rings is 2. The molecule has 0 amide bonds. The van der Waals surface area contributed by atoms with Gasteiger partial charge >= 0.3 is 0 Å². The second kappa shape index (κ2) is 7.88. The van der Waals surface area contributed by atoms with Crippen LogP contribution in [0.5, 0.6) is 17.2 Å². The van der Waals surface area contributed by atoms with E-state index in [1.54, 1.807) is 7.11 Å². The summed E-state index contributed by atoms with van der Waals surface area (Å²) in [5.74, 6) is 2.39. The van der Waals surface area contributed by atoms with Crippen LogP contribution in [0.15, 0.2) is 42.5 Å². The van der Waals surface area contributed by atoms with Gasteiger partial charge in [-0.3, -0.25) is 0 Å². The molecule has 0 spiro atoms. The van der Waals surface area contributed by atoms with E-state index < -0.39 is 0 Å². The van der Waals surface area contributed by atoms with Gasteiger partial charge in [0, 0.05) is 18.3 Å². The Morgan fingerprint density at radius 1 is 1.17 bits per heavy atom. The molecule has 126 valence electrons. The van der Waals surface area contributed by atoms with E-state index in [0.717, 1.165) is 42.3 Å². The van der Waals surface area contributed by atoms with E-state index in [9.17, 15) is 0 Å². The van der Waals surface area contributed by atoms with Crippen LogP contribution in [-0.2, 0) is 6.42 Å². The standard InChI is InChI=1S/C18H20N2O3S/c1-21-15-6-2-4-13(10-15)5-3-9-19-18(24)20-14-7-8-16-17(11-14)23-12-22-16/h2,4,6-8,10-11H,3,5,9,12H2,1H3,(H2,19,20,24). The van der Waals surface area contributed by atoms with Gasteiger partial charge in [0.05, 0.1) is 7.11 Å². The normalized spacial score (nSPS) is 11.9. The highest BCUT2D eigenvalue weighted by Gasteiger charge is 2.13. The Morgan fingerprint density at radius 3 is 2.92 bits per heavy atom. The first kappa shape index (κ1) is 16.4. The molecule has 2 aromatic rings. The zero-order valence-corrected chi connectivity index (χ0v) is 14.3. The number of ether oxygens (including phenoxy) is 3. The van der Waals surface area contributed by atoms with Gasteiger partial charge in [0.25, 0.3) is 0 Å². The molecule has 0 aliphatic carbocycles. The van der Waals surface area contributed by atoms with Gasteiger partial charge in [-0.05, 0) is 54.9 Å². The quantitative estimate of drug-likeness (QED) is 0.619. The molecule has 3 rings (SSSR count). The maximum Gasteiger partial charge on any atom is 0.231 e. The number of methoxy groups -OCH3 is 1. The Hall–Kier alpha value is -2.47. The van der Waals surface area contributed by atoms with E-state index in [2.05, 4.69) is 22.8 Å². The van der Waals surface area contributed by atoms with Gasteiger partial charge in [0.2, 0.25) is 6.79 Å². The highest BCUT2D eigenvalue weighted by Crippen LogP contribution is 2.34. The van der Waals surface area contributed by atoms with E-state index in [1.807, 2.05) is 30.3 Å². The van der Waals surface area contributed by atoms with Crippen LogP contribution in [0.25, 0.3) is 0 Å². The number of hydrogen-bond donors (Lipinski definition) is 2. The maximum absolute atomic E-state index is 5.35. The molecule has 5 nitrogen and oxygen atoms in total. The van der Waals surface area contributed by atoms with Crippen LogP contribution in [0, 0.1) is 0 Å². The number of thiocarbonyl (C=S) groups is 1. The van der Waals surface area contributed by atoms with Crippen molar-refractivity contribution in [3.8, 4) is 17.2 Å². The van der Waals surface area contributed by atoms with Crippen molar-refractivity contribution in [1.82, 2.24) is 5.32 Å². The molecule has 1 aliphatic rings. The molecule has 1 heterocycles. The second-order valence-corrected chi connectivity index (χ2v) is 5.81. The lowest BCUT2D eigenvalue weighted by molar-refractivity contribution is 0.174. The number of fused-ring (bicyclic) bond motifs is 1. The van der Waals surface area contributed by atoms with Crippen molar-refractivity contribution in [2.24, 2.45) is 0 Å². The molecule has 0 fully saturated rings. The number of aryl methyl sites for hydroxylation is 1. The molecule has 2 aromatic carbocycles. The lowest BCUT2D eigenvalue weighted by atomic mass is 10.1. The number of nitrogens with one attached hydrogen (secondary N) is 2. The van der Waals surface area contributed by atoms with Crippen LogP contribution in [0.3, 0.4) is 0 Å². The molecule has 24 heavy (non-hydrogen) atoms. The fraction of sp³-hybridized carbons (Fsp3) is 0.278. The summed E-state index contributed by atoms with van der Waals surface area (Å²) < 4.78 is 15.9. The van der Waals surface area contributed by atoms with Crippen LogP contribution >= 0.6 is 12.2 Å². The molecule has 0 atom stereocenters. The van der Waals surface area contributed by atoms with Gasteiger partial charge in [-0.2, -0.15) is 0 Å². The largest absolute Gasteiger partial charge is 0.497 e. The van der Waals surface area contributed by atoms with E-state index >= 15 is 0 Å². The van der Waals surface area contributed by atoms with Crippen molar-refractivity contribution >= 4 is 23.0 Å². The highest BCUT2D eigenvalue weighted by atomic mass is 32.1. The van der Waals surface area contributed by atoms with Gasteiger partial charge in [-0.25, -0.2) is 0 Å². The summed E-state index contributed by atoms with van der Waals surface area (Å²) in [7, 11) is 1.68. The van der Waals surface area contributed by atoms with E-state index in [0.29, 0.717) is 5.11 Å². The molecule has 0 bridgehead atoms. The molecule has 0 saturated heterocycles. The minimum Gasteiger partial charge on any atom is -0.497 e. The summed E-state index contributed by atoms with van der Waals surface area (Å²) >= 11 is 5.32. The minimum atomic E-state index is 0.270. The monoisotopic (exact) mass is 344 g/mol. The Kier molecular flexibility index (Phi) is 5.38. The molecular formula is C18H20N2O3S. The molecule has 0 unspecified atom stereocenters. The summed E-state index contributed by atoms with van der Waals surface area (Å²) in [6.45, 7) is 1.07. The summed E-state index contributed by atoms with van der Waals surface area (Å²) in [6, 6.07) is 13.8. The number of hydrogen-bond acceptors (Lipinski definition) is 4. The van der Waals surface area contributed by atoms with Gasteiger partial charge in [-0.1, -0.05) is 12.1 Å². The third-order valence-corrected chi connectivity index (χ3v) is 3.94. The van der Waals surface area contributed by atoms with Crippen LogP contribution in [0.1, 0.15) is 12.0 Å². The van der Waals surface area contributed by atoms with Crippen LogP contribution in [0.2, 0.25) is 0 Å². The van der Waals surface area contributed by atoms with E-state index in [1.165, 1.54) is 5.56 Å². The Labute approximate surface area is 146 Å². The van der Waals surface area contributed by atoms with Crippen molar-refractivity contribution in [3.05, 3.63) is 48.0 Å². The summed E-state index contributed by atoms with van der Waals surface area (Å²) in [4.78, 5) is 0. The van der Waals surface area contributed by atoms with E-state index in [4.69, 9.17) is 26.4 Å². The fourth-order valence-corrected chi connectivity index (χ4v) is 2.69. The SMILES string of the molecule is COc1cccc(CCCNC(=S)Nc2ccc3c(c2)OCO3)c1. The molecule has 6 heteroatoms. The van der Waals surface area contributed by atoms with Crippen molar-refractivity contribution in [2.45, 2.75) is 12.8 Å². The van der Waals surface area contributed by atoms with Gasteiger partial charge < -0.3 is 24.8 Å². The number of anilines is 1. The van der Waals surface area contributed by atoms with Crippen molar-refractivity contribution in [1.29, 1.82) is 0 Å². The lowest BCUT2D eigenvalue weighted by Gasteiger charge is -2.11. The Balaban J connectivity index is 1.41. The van der Waals surface area contributed by atoms with Crippen LogP contribution in [-0.4, -0.2) is 25.6 Å². The predicted octanol–water partition coefficient (Wildman–Crippen LogP) is 3.34. The third kappa shape index (κ3) is 4.29. The maximum atomic E-state index is 5.35. The van der Waals surface area contributed by atoms with Crippen molar-refractivity contribution in [2.75, 3.05) is 25.8 Å². The molecule has 2 N–H and O–H groups in total. The molecule has 1 aliphatic heterocycles. The summed E-state index contributed by atoms with van der Waals surface area (Å²) in [5.41, 5.74) is 2.13. The van der Waals surface area contributed by atoms with E-state index in [-0.39, 0.29) is 6.79 Å². The average molecular weight is 344 g/mol. The van der Waals surface area contributed by atoms with Crippen molar-refractivity contribution < 1.29 is 14.2 Å². The predicted molar refractivity (Wildman–Crippen MR) is 98.1 cm³/mol. The Bertz CT molecular complexity index is 721. The van der Waals surface area contributed by atoms with Crippen LogP contribution < -0.4 is 24.8 Å². The highest BCUT2D eigenvalue weighted by molar-refractivity contribution is 7.80. The van der Waals surface area contributed by atoms with Crippen molar-refractivity contribution in [3.63, 3.8) is 0 Å². The van der Waals surface area contributed by atoms with Crippen LogP contribution in [0.4, 0.5) is 5.69 Å². The number of rotatable bonds is 6. The first-order chi connectivity index (χ1) is 11.7. The summed E-state index contributed by atoms with van der Waals surface area (Å²) in [6.07, 6.45) is 1.95. The first-order valence-electron chi connectivity index (χ1n) is 7.82. The Morgan fingerprint density at radius 2 is 2.04 bits per heavy atom. The molecule has 0 aromatic heterocycles. The van der Waals surface area contributed by atoms with Gasteiger partial charge in [0.15, 0.2) is 16.6 Å². The van der Waals surface area contributed by atoms with Gasteiger partial charge in [-0.15, -0.1) is 0 Å². The fourth-order valence-electron chi connectivity index (χ4n) is 2.47. The first-order valence-corrected chi connectivity index (χ1v) is 8.23. The third-order valence-electron chi connectivity index (χ3n) is 3.69. The van der Waals surface area contributed by atoms with Gasteiger partial charge in [0.1, 0.15) is 5.75 Å². The molecular weight excluding hydrogens is 324 g/mol. The molecule has 0 radical (unpaired) electrons. The molecule has 0 saturated carbocycles. The lowest BCUT2D eigenvalue weighted by Crippen LogP contribution is -2.29. The summed E-state index contributed by atoms with van der Waals surface area (Å²) in [5, 5.41) is 6.96. The zero-order chi connectivity index (χ0) is 16.8. The zero-order valence-electron chi connectivity index (χ0n) is 13.5. The average Bonchev–Trinajstić information content (AvgIpc) is 3.06.